The van der Waals surface area contributed by atoms with Gasteiger partial charge in [0.1, 0.15) is 5.82 Å². The zero-order valence-electron chi connectivity index (χ0n) is 10.3. The first-order chi connectivity index (χ1) is 9.31. The molecule has 2 aromatic heterocycles. The molecule has 0 atom stereocenters. The maximum atomic E-state index is 4.47. The molecular weight excluding hydrogens is 320 g/mol. The van der Waals surface area contributed by atoms with Crippen LogP contribution >= 0.6 is 27.3 Å². The lowest BCUT2D eigenvalue weighted by Crippen LogP contribution is -2.04. The summed E-state index contributed by atoms with van der Waals surface area (Å²) in [6.45, 7) is 0.869. The lowest BCUT2D eigenvalue weighted by Gasteiger charge is -2.07. The molecule has 0 radical (unpaired) electrons. The largest absolute Gasteiger partial charge is 0.330 e. The Labute approximate surface area is 124 Å². The molecule has 0 saturated carbocycles. The van der Waals surface area contributed by atoms with Crippen molar-refractivity contribution in [3.63, 3.8) is 0 Å². The Hall–Kier alpha value is -1.39. The first kappa shape index (κ1) is 12.6. The van der Waals surface area contributed by atoms with Gasteiger partial charge in [0.15, 0.2) is 0 Å². The fourth-order valence-electron chi connectivity index (χ4n) is 2.01. The Bertz CT molecular complexity index is 641. The van der Waals surface area contributed by atoms with Gasteiger partial charge in [-0.3, -0.25) is 0 Å². The third-order valence-electron chi connectivity index (χ3n) is 2.98. The summed E-state index contributed by atoms with van der Waals surface area (Å²) in [6, 6.07) is 12.7. The van der Waals surface area contributed by atoms with Gasteiger partial charge in [-0.2, -0.15) is 0 Å². The van der Waals surface area contributed by atoms with Crippen molar-refractivity contribution in [1.82, 2.24) is 9.55 Å². The van der Waals surface area contributed by atoms with Crippen LogP contribution in [0.2, 0.25) is 0 Å². The van der Waals surface area contributed by atoms with Crippen LogP contribution in [0.5, 0.6) is 0 Å². The van der Waals surface area contributed by atoms with Crippen molar-refractivity contribution in [3.8, 4) is 0 Å². The quantitative estimate of drug-likeness (QED) is 0.694. The van der Waals surface area contributed by atoms with Crippen molar-refractivity contribution < 1.29 is 0 Å². The fraction of sp³-hybridized carbons (Fsp3) is 0.133. The van der Waals surface area contributed by atoms with Crippen LogP contribution < -0.4 is 0 Å². The number of thiophene rings is 1. The molecule has 3 aromatic rings. The second-order valence-electron chi connectivity index (χ2n) is 4.35. The number of nitrogens with zero attached hydrogens (tertiary/aromatic N) is 2. The lowest BCUT2D eigenvalue weighted by molar-refractivity contribution is 0.743. The molecule has 0 aliphatic carbocycles. The summed E-state index contributed by atoms with van der Waals surface area (Å²) < 4.78 is 3.32. The van der Waals surface area contributed by atoms with Gasteiger partial charge in [0.05, 0.1) is 0 Å². The normalized spacial score (nSPS) is 10.8. The van der Waals surface area contributed by atoms with E-state index in [2.05, 4.69) is 67.3 Å². The molecule has 19 heavy (non-hydrogen) atoms. The van der Waals surface area contributed by atoms with Gasteiger partial charge in [-0.1, -0.05) is 34.1 Å². The average molecular weight is 333 g/mol. The second kappa shape index (κ2) is 5.72. The van der Waals surface area contributed by atoms with Crippen molar-refractivity contribution >= 4 is 27.3 Å². The summed E-state index contributed by atoms with van der Waals surface area (Å²) in [7, 11) is 0. The van der Waals surface area contributed by atoms with Crippen LogP contribution in [0.1, 0.15) is 16.3 Å². The molecule has 0 aliphatic rings. The summed E-state index contributed by atoms with van der Waals surface area (Å²) in [5.41, 5.74) is 1.29. The molecule has 0 aliphatic heterocycles. The molecule has 3 rings (SSSR count). The summed E-state index contributed by atoms with van der Waals surface area (Å²) >= 11 is 5.24. The van der Waals surface area contributed by atoms with Gasteiger partial charge in [0, 0.05) is 34.7 Å². The summed E-state index contributed by atoms with van der Waals surface area (Å²) in [4.78, 5) is 5.82. The van der Waals surface area contributed by atoms with Crippen LogP contribution in [0.3, 0.4) is 0 Å². The smallest absolute Gasteiger partial charge is 0.114 e. The van der Waals surface area contributed by atoms with Gasteiger partial charge in [-0.25, -0.2) is 4.98 Å². The maximum Gasteiger partial charge on any atom is 0.114 e. The highest BCUT2D eigenvalue weighted by molar-refractivity contribution is 9.10. The standard InChI is InChI=1S/C15H13BrN2S/c16-13-5-3-12(4-6-13)11-18-8-7-17-15(18)10-14-2-1-9-19-14/h1-9H,10-11H2. The number of hydrogen-bond donors (Lipinski definition) is 0. The highest BCUT2D eigenvalue weighted by Gasteiger charge is 2.05. The molecule has 0 bridgehead atoms. The predicted molar refractivity (Wildman–Crippen MR) is 82.6 cm³/mol. The van der Waals surface area contributed by atoms with Crippen molar-refractivity contribution in [3.05, 3.63) is 74.9 Å². The molecule has 0 fully saturated rings. The minimum absolute atomic E-state index is 0.869. The van der Waals surface area contributed by atoms with Gasteiger partial charge < -0.3 is 4.57 Å². The number of rotatable bonds is 4. The van der Waals surface area contributed by atoms with E-state index in [1.807, 2.05) is 12.4 Å². The highest BCUT2D eigenvalue weighted by atomic mass is 79.9. The summed E-state index contributed by atoms with van der Waals surface area (Å²) in [5.74, 6) is 1.12. The molecule has 4 heteroatoms. The van der Waals surface area contributed by atoms with E-state index in [4.69, 9.17) is 0 Å². The number of hydrogen-bond acceptors (Lipinski definition) is 2. The first-order valence-electron chi connectivity index (χ1n) is 6.08. The third kappa shape index (κ3) is 3.14. The number of benzene rings is 1. The van der Waals surface area contributed by atoms with Crippen LogP contribution in [-0.4, -0.2) is 9.55 Å². The Kier molecular flexibility index (Phi) is 3.80. The van der Waals surface area contributed by atoms with Crippen LogP contribution in [0.15, 0.2) is 58.6 Å². The van der Waals surface area contributed by atoms with Gasteiger partial charge in [-0.05, 0) is 29.1 Å². The van der Waals surface area contributed by atoms with E-state index in [0.29, 0.717) is 0 Å². The van der Waals surface area contributed by atoms with E-state index in [1.165, 1.54) is 10.4 Å². The molecule has 0 N–H and O–H groups in total. The Morgan fingerprint density at radius 1 is 1.16 bits per heavy atom. The van der Waals surface area contributed by atoms with Gasteiger partial charge in [0.2, 0.25) is 0 Å². The van der Waals surface area contributed by atoms with E-state index in [0.717, 1.165) is 23.3 Å². The highest BCUT2D eigenvalue weighted by Crippen LogP contribution is 2.16. The van der Waals surface area contributed by atoms with Crippen molar-refractivity contribution in [2.45, 2.75) is 13.0 Å². The van der Waals surface area contributed by atoms with Crippen LogP contribution in [0.25, 0.3) is 0 Å². The van der Waals surface area contributed by atoms with Crippen LogP contribution in [0.4, 0.5) is 0 Å². The van der Waals surface area contributed by atoms with E-state index in [-0.39, 0.29) is 0 Å². The van der Waals surface area contributed by atoms with E-state index >= 15 is 0 Å². The summed E-state index contributed by atoms with van der Waals surface area (Å²) in [5, 5.41) is 2.11. The van der Waals surface area contributed by atoms with Gasteiger partial charge in [0.25, 0.3) is 0 Å². The number of imidazole rings is 1. The SMILES string of the molecule is Brc1ccc(Cn2ccnc2Cc2cccs2)cc1. The molecule has 1 aromatic carbocycles. The second-order valence-corrected chi connectivity index (χ2v) is 6.30. The minimum atomic E-state index is 0.869. The molecule has 0 saturated heterocycles. The molecule has 0 unspecified atom stereocenters. The van der Waals surface area contributed by atoms with Crippen molar-refractivity contribution in [2.24, 2.45) is 0 Å². The van der Waals surface area contributed by atoms with Crippen molar-refractivity contribution in [2.75, 3.05) is 0 Å². The molecule has 2 heterocycles. The van der Waals surface area contributed by atoms with Crippen LogP contribution in [0, 0.1) is 0 Å². The third-order valence-corrected chi connectivity index (χ3v) is 4.39. The molecule has 0 amide bonds. The maximum absolute atomic E-state index is 4.47. The predicted octanol–water partition coefficient (Wildman–Crippen LogP) is 4.35. The Morgan fingerprint density at radius 2 is 2.00 bits per heavy atom. The molecule has 96 valence electrons. The first-order valence-corrected chi connectivity index (χ1v) is 7.75. The zero-order valence-corrected chi connectivity index (χ0v) is 12.7. The van der Waals surface area contributed by atoms with E-state index in [9.17, 15) is 0 Å². The van der Waals surface area contributed by atoms with Gasteiger partial charge >= 0.3 is 0 Å². The summed E-state index contributed by atoms with van der Waals surface area (Å²) in [6.07, 6.45) is 4.83. The molecular formula is C15H13BrN2S. The van der Waals surface area contributed by atoms with E-state index < -0.39 is 0 Å². The molecule has 0 spiro atoms. The minimum Gasteiger partial charge on any atom is -0.330 e. The number of halogens is 1. The monoisotopic (exact) mass is 332 g/mol. The van der Waals surface area contributed by atoms with Crippen molar-refractivity contribution in [1.29, 1.82) is 0 Å². The Morgan fingerprint density at radius 3 is 2.74 bits per heavy atom. The Balaban J connectivity index is 1.78. The fourth-order valence-corrected chi connectivity index (χ4v) is 2.97. The average Bonchev–Trinajstić information content (AvgIpc) is 3.06. The van der Waals surface area contributed by atoms with Crippen LogP contribution in [-0.2, 0) is 13.0 Å². The van der Waals surface area contributed by atoms with Gasteiger partial charge in [-0.15, -0.1) is 11.3 Å². The lowest BCUT2D eigenvalue weighted by atomic mass is 10.2. The topological polar surface area (TPSA) is 17.8 Å². The zero-order chi connectivity index (χ0) is 13.1. The molecule has 2 nitrogen and oxygen atoms in total. The number of aromatic nitrogens is 2. The van der Waals surface area contributed by atoms with E-state index in [1.54, 1.807) is 11.3 Å².